The van der Waals surface area contributed by atoms with Crippen LogP contribution in [-0.2, 0) is 13.1 Å². The maximum absolute atomic E-state index is 13.7. The fourth-order valence-electron chi connectivity index (χ4n) is 2.20. The van der Waals surface area contributed by atoms with Gasteiger partial charge in [0.1, 0.15) is 11.6 Å². The third kappa shape index (κ3) is 3.01. The Bertz CT molecular complexity index is 610. The lowest BCUT2D eigenvalue weighted by Crippen LogP contribution is -2.25. The van der Waals surface area contributed by atoms with E-state index in [9.17, 15) is 8.78 Å². The molecule has 1 aliphatic carbocycles. The second-order valence-electron chi connectivity index (χ2n) is 5.09. The van der Waals surface area contributed by atoms with E-state index < -0.39 is 11.6 Å². The molecule has 106 valence electrons. The molecule has 0 saturated heterocycles. The molecular weight excluding hydrogens is 264 g/mol. The number of hydrogen-bond acceptors (Lipinski definition) is 4. The molecule has 0 aliphatic heterocycles. The van der Waals surface area contributed by atoms with Crippen LogP contribution in [0.5, 0.6) is 0 Å². The summed E-state index contributed by atoms with van der Waals surface area (Å²) < 4.78 is 32.0. The van der Waals surface area contributed by atoms with E-state index >= 15 is 0 Å². The van der Waals surface area contributed by atoms with Crippen molar-refractivity contribution < 1.29 is 13.2 Å². The van der Waals surface area contributed by atoms with Gasteiger partial charge in [-0.05, 0) is 18.9 Å². The Balaban J connectivity index is 1.74. The zero-order valence-corrected chi connectivity index (χ0v) is 11.1. The van der Waals surface area contributed by atoms with Crippen LogP contribution >= 0.6 is 0 Å². The number of hydrogen-bond donors (Lipinski definition) is 0. The van der Waals surface area contributed by atoms with Crippen LogP contribution < -0.4 is 0 Å². The lowest BCUT2D eigenvalue weighted by Gasteiger charge is -2.20. The zero-order valence-electron chi connectivity index (χ0n) is 11.1. The molecule has 6 heteroatoms. The smallest absolute Gasteiger partial charge is 0.230 e. The third-order valence-corrected chi connectivity index (χ3v) is 3.36. The summed E-state index contributed by atoms with van der Waals surface area (Å²) in [7, 11) is 0. The van der Waals surface area contributed by atoms with Crippen molar-refractivity contribution in [3.63, 3.8) is 0 Å². The molecule has 4 nitrogen and oxygen atoms in total. The maximum Gasteiger partial charge on any atom is 0.230 e. The molecule has 1 saturated carbocycles. The van der Waals surface area contributed by atoms with Gasteiger partial charge in [0.05, 0.1) is 6.54 Å². The number of halogens is 2. The van der Waals surface area contributed by atoms with Crippen molar-refractivity contribution in [3.05, 3.63) is 47.2 Å². The Morgan fingerprint density at radius 1 is 1.25 bits per heavy atom. The summed E-state index contributed by atoms with van der Waals surface area (Å²) in [6, 6.07) is 4.09. The van der Waals surface area contributed by atoms with Gasteiger partial charge in [0.2, 0.25) is 11.8 Å². The Labute approximate surface area is 115 Å². The number of rotatable bonds is 5. The fraction of sp³-hybridized carbons (Fsp3) is 0.429. The van der Waals surface area contributed by atoms with Crippen molar-refractivity contribution in [2.45, 2.75) is 38.9 Å². The average molecular weight is 279 g/mol. The van der Waals surface area contributed by atoms with Crippen LogP contribution in [0.2, 0.25) is 0 Å². The van der Waals surface area contributed by atoms with Crippen molar-refractivity contribution in [1.29, 1.82) is 0 Å². The molecule has 0 N–H and O–H groups in total. The standard InChI is InChI=1S/C14H15F2N3O/c1-9-17-18-14(20-9)8-19(12-4-5-12)7-10-2-3-11(15)6-13(10)16/h2-3,6,12H,4-5,7-8H2,1H3. The highest BCUT2D eigenvalue weighted by molar-refractivity contribution is 5.18. The largest absolute Gasteiger partial charge is 0.424 e. The van der Waals surface area contributed by atoms with Crippen molar-refractivity contribution >= 4 is 0 Å². The minimum Gasteiger partial charge on any atom is -0.424 e. The summed E-state index contributed by atoms with van der Waals surface area (Å²) in [6.45, 7) is 2.64. The topological polar surface area (TPSA) is 42.2 Å². The van der Waals surface area contributed by atoms with Gasteiger partial charge in [0.25, 0.3) is 0 Å². The van der Waals surface area contributed by atoms with E-state index in [0.717, 1.165) is 18.9 Å². The lowest BCUT2D eigenvalue weighted by molar-refractivity contribution is 0.216. The van der Waals surface area contributed by atoms with Gasteiger partial charge in [-0.15, -0.1) is 10.2 Å². The van der Waals surface area contributed by atoms with Crippen molar-refractivity contribution in [2.24, 2.45) is 0 Å². The van der Waals surface area contributed by atoms with E-state index in [-0.39, 0.29) is 0 Å². The molecule has 1 fully saturated rings. The Morgan fingerprint density at radius 2 is 2.05 bits per heavy atom. The molecule has 1 aliphatic rings. The van der Waals surface area contributed by atoms with Crippen molar-refractivity contribution in [2.75, 3.05) is 0 Å². The highest BCUT2D eigenvalue weighted by Gasteiger charge is 2.30. The van der Waals surface area contributed by atoms with Crippen molar-refractivity contribution in [1.82, 2.24) is 15.1 Å². The lowest BCUT2D eigenvalue weighted by atomic mass is 10.2. The number of benzene rings is 1. The molecule has 0 atom stereocenters. The molecule has 1 aromatic carbocycles. The number of aromatic nitrogens is 2. The summed E-state index contributed by atoms with van der Waals surface area (Å²) in [6.07, 6.45) is 2.16. The number of nitrogens with zero attached hydrogens (tertiary/aromatic N) is 3. The molecule has 1 heterocycles. The van der Waals surface area contributed by atoms with Gasteiger partial charge in [-0.2, -0.15) is 0 Å². The predicted octanol–water partition coefficient (Wildman–Crippen LogP) is 2.82. The van der Waals surface area contributed by atoms with Crippen LogP contribution in [0.25, 0.3) is 0 Å². The maximum atomic E-state index is 13.7. The predicted molar refractivity (Wildman–Crippen MR) is 67.7 cm³/mol. The first-order valence-corrected chi connectivity index (χ1v) is 6.59. The Kier molecular flexibility index (Phi) is 3.48. The summed E-state index contributed by atoms with van der Waals surface area (Å²) >= 11 is 0. The highest BCUT2D eigenvalue weighted by Crippen LogP contribution is 2.30. The van der Waals surface area contributed by atoms with Gasteiger partial charge in [-0.3, -0.25) is 4.90 Å². The molecule has 0 bridgehead atoms. The van der Waals surface area contributed by atoms with Crippen LogP contribution in [-0.4, -0.2) is 21.1 Å². The van der Waals surface area contributed by atoms with E-state index in [1.165, 1.54) is 12.1 Å². The van der Waals surface area contributed by atoms with Crippen LogP contribution in [0.15, 0.2) is 22.6 Å². The molecule has 3 rings (SSSR count). The molecule has 0 spiro atoms. The van der Waals surface area contributed by atoms with Crippen LogP contribution in [0.1, 0.15) is 30.2 Å². The van der Waals surface area contributed by atoms with Gasteiger partial charge >= 0.3 is 0 Å². The molecule has 1 aromatic heterocycles. The third-order valence-electron chi connectivity index (χ3n) is 3.36. The Morgan fingerprint density at radius 3 is 2.65 bits per heavy atom. The molecular formula is C14H15F2N3O. The first kappa shape index (κ1) is 13.2. The highest BCUT2D eigenvalue weighted by atomic mass is 19.1. The normalized spacial score (nSPS) is 15.0. The van der Waals surface area contributed by atoms with E-state index in [1.54, 1.807) is 6.92 Å². The van der Waals surface area contributed by atoms with Crippen LogP contribution in [0.3, 0.4) is 0 Å². The van der Waals surface area contributed by atoms with Crippen LogP contribution in [0, 0.1) is 18.6 Å². The fourth-order valence-corrected chi connectivity index (χ4v) is 2.20. The van der Waals surface area contributed by atoms with E-state index in [0.29, 0.717) is 36.5 Å². The van der Waals surface area contributed by atoms with Gasteiger partial charge in [-0.1, -0.05) is 6.07 Å². The SMILES string of the molecule is Cc1nnc(CN(Cc2ccc(F)cc2F)C2CC2)o1. The van der Waals surface area contributed by atoms with Gasteiger partial charge < -0.3 is 4.42 Å². The first-order chi connectivity index (χ1) is 9.61. The summed E-state index contributed by atoms with van der Waals surface area (Å²) in [4.78, 5) is 2.09. The molecule has 0 radical (unpaired) electrons. The minimum atomic E-state index is -0.559. The molecule has 0 unspecified atom stereocenters. The van der Waals surface area contributed by atoms with E-state index in [1.807, 2.05) is 0 Å². The van der Waals surface area contributed by atoms with E-state index in [4.69, 9.17) is 4.42 Å². The van der Waals surface area contributed by atoms with Crippen molar-refractivity contribution in [3.8, 4) is 0 Å². The molecule has 2 aromatic rings. The second kappa shape index (κ2) is 5.28. The Hall–Kier alpha value is -1.82. The summed E-state index contributed by atoms with van der Waals surface area (Å²) in [5.74, 6) is -0.0327. The summed E-state index contributed by atoms with van der Waals surface area (Å²) in [5.41, 5.74) is 0.481. The molecule has 20 heavy (non-hydrogen) atoms. The van der Waals surface area contributed by atoms with E-state index in [2.05, 4.69) is 15.1 Å². The number of aryl methyl sites for hydroxylation is 1. The zero-order chi connectivity index (χ0) is 14.1. The second-order valence-corrected chi connectivity index (χ2v) is 5.09. The van der Waals surface area contributed by atoms with Crippen LogP contribution in [0.4, 0.5) is 8.78 Å². The van der Waals surface area contributed by atoms with Gasteiger partial charge in [0, 0.05) is 31.1 Å². The van der Waals surface area contributed by atoms with Gasteiger partial charge in [0.15, 0.2) is 0 Å². The first-order valence-electron chi connectivity index (χ1n) is 6.59. The minimum absolute atomic E-state index is 0.409. The van der Waals surface area contributed by atoms with Gasteiger partial charge in [-0.25, -0.2) is 8.78 Å². The monoisotopic (exact) mass is 279 g/mol. The quantitative estimate of drug-likeness (QED) is 0.844. The summed E-state index contributed by atoms with van der Waals surface area (Å²) in [5, 5.41) is 7.75. The average Bonchev–Trinajstić information content (AvgIpc) is 3.16. The molecule has 0 amide bonds.